The van der Waals surface area contributed by atoms with E-state index >= 15 is 0 Å². The Labute approximate surface area is 124 Å². The first-order valence-electron chi connectivity index (χ1n) is 6.94. The van der Waals surface area contributed by atoms with E-state index < -0.39 is 0 Å². The lowest BCUT2D eigenvalue weighted by Crippen LogP contribution is -2.01. The molecule has 0 radical (unpaired) electrons. The van der Waals surface area contributed by atoms with Gasteiger partial charge in [0.25, 0.3) is 0 Å². The van der Waals surface area contributed by atoms with Gasteiger partial charge < -0.3 is 0 Å². The molecule has 0 spiro atoms. The van der Waals surface area contributed by atoms with E-state index in [0.717, 1.165) is 22.5 Å². The first-order valence-corrected chi connectivity index (χ1v) is 6.94. The minimum absolute atomic E-state index is 0.454. The quantitative estimate of drug-likeness (QED) is 0.717. The van der Waals surface area contributed by atoms with Crippen LogP contribution in [0, 0.1) is 11.3 Å². The van der Waals surface area contributed by atoms with Crippen molar-refractivity contribution in [3.8, 4) is 28.6 Å². The normalized spacial score (nSPS) is 10.2. The number of rotatable bonds is 4. The molecule has 0 amide bonds. The van der Waals surface area contributed by atoms with Crippen LogP contribution in [0.1, 0.15) is 6.42 Å². The van der Waals surface area contributed by atoms with Crippen molar-refractivity contribution in [3.63, 3.8) is 0 Å². The van der Waals surface area contributed by atoms with Gasteiger partial charge in [0.15, 0.2) is 0 Å². The first-order chi connectivity index (χ1) is 10.4. The van der Waals surface area contributed by atoms with Crippen molar-refractivity contribution < 1.29 is 0 Å². The van der Waals surface area contributed by atoms with Crippen LogP contribution in [0.3, 0.4) is 0 Å². The standard InChI is InChI=1S/C18H15N3/c19-12-7-13-21-18(16-10-5-2-6-11-16)14-17(20-21)15-8-3-1-4-9-15/h1-6,8-11,14H,7,13H2. The van der Waals surface area contributed by atoms with Gasteiger partial charge >= 0.3 is 0 Å². The van der Waals surface area contributed by atoms with Crippen LogP contribution in [0.25, 0.3) is 22.5 Å². The molecule has 3 heteroatoms. The topological polar surface area (TPSA) is 41.6 Å². The fraction of sp³-hybridized carbons (Fsp3) is 0.111. The smallest absolute Gasteiger partial charge is 0.0929 e. The third-order valence-electron chi connectivity index (χ3n) is 3.35. The molecule has 0 unspecified atom stereocenters. The highest BCUT2D eigenvalue weighted by atomic mass is 15.3. The Balaban J connectivity index is 2.06. The highest BCUT2D eigenvalue weighted by molar-refractivity contribution is 5.68. The molecule has 0 saturated heterocycles. The summed E-state index contributed by atoms with van der Waals surface area (Å²) >= 11 is 0. The van der Waals surface area contributed by atoms with Gasteiger partial charge in [0.2, 0.25) is 0 Å². The molecule has 0 bridgehead atoms. The van der Waals surface area contributed by atoms with Gasteiger partial charge in [-0.1, -0.05) is 60.7 Å². The molecule has 2 aromatic carbocycles. The van der Waals surface area contributed by atoms with E-state index in [2.05, 4.69) is 29.4 Å². The van der Waals surface area contributed by atoms with Crippen LogP contribution in [-0.4, -0.2) is 9.78 Å². The molecule has 1 heterocycles. The Morgan fingerprint density at radius 3 is 2.14 bits per heavy atom. The number of nitrogens with zero attached hydrogens (tertiary/aromatic N) is 3. The molecule has 0 aliphatic heterocycles. The largest absolute Gasteiger partial charge is 0.263 e. The molecule has 1 aromatic heterocycles. The summed E-state index contributed by atoms with van der Waals surface area (Å²) in [7, 11) is 0. The van der Waals surface area contributed by atoms with Crippen LogP contribution in [0.2, 0.25) is 0 Å². The van der Waals surface area contributed by atoms with Crippen molar-refractivity contribution in [3.05, 3.63) is 66.7 Å². The number of aryl methyl sites for hydroxylation is 1. The Hall–Kier alpha value is -2.86. The molecule has 0 aliphatic rings. The van der Waals surface area contributed by atoms with Crippen molar-refractivity contribution >= 4 is 0 Å². The number of benzene rings is 2. The summed E-state index contributed by atoms with van der Waals surface area (Å²) in [6, 6.07) is 24.5. The van der Waals surface area contributed by atoms with E-state index in [0.29, 0.717) is 13.0 Å². The highest BCUT2D eigenvalue weighted by Crippen LogP contribution is 2.26. The number of hydrogen-bond acceptors (Lipinski definition) is 2. The van der Waals surface area contributed by atoms with Crippen LogP contribution >= 0.6 is 0 Å². The molecule has 3 aromatic rings. The van der Waals surface area contributed by atoms with Crippen molar-refractivity contribution in [1.82, 2.24) is 9.78 Å². The summed E-state index contributed by atoms with van der Waals surface area (Å²) in [5.41, 5.74) is 4.19. The summed E-state index contributed by atoms with van der Waals surface area (Å²) in [4.78, 5) is 0. The number of hydrogen-bond donors (Lipinski definition) is 0. The summed E-state index contributed by atoms with van der Waals surface area (Å²) in [6.45, 7) is 0.605. The average Bonchev–Trinajstić information content (AvgIpc) is 2.99. The van der Waals surface area contributed by atoms with Gasteiger partial charge in [0.1, 0.15) is 0 Å². The zero-order valence-electron chi connectivity index (χ0n) is 11.6. The lowest BCUT2D eigenvalue weighted by molar-refractivity contribution is 0.636. The minimum atomic E-state index is 0.454. The molecule has 102 valence electrons. The van der Waals surface area contributed by atoms with Crippen LogP contribution in [0.15, 0.2) is 66.7 Å². The second kappa shape index (κ2) is 6.06. The zero-order chi connectivity index (χ0) is 14.5. The molecule has 0 atom stereocenters. The van der Waals surface area contributed by atoms with Gasteiger partial charge in [0.05, 0.1) is 30.4 Å². The van der Waals surface area contributed by atoms with Crippen molar-refractivity contribution in [2.75, 3.05) is 0 Å². The Morgan fingerprint density at radius 2 is 1.52 bits per heavy atom. The fourth-order valence-corrected chi connectivity index (χ4v) is 2.33. The van der Waals surface area contributed by atoms with Crippen LogP contribution in [0.5, 0.6) is 0 Å². The maximum atomic E-state index is 8.82. The Kier molecular flexibility index (Phi) is 3.79. The molecule has 0 saturated carbocycles. The van der Waals surface area contributed by atoms with Gasteiger partial charge in [-0.15, -0.1) is 0 Å². The number of nitriles is 1. The summed E-state index contributed by atoms with van der Waals surface area (Å²) in [5.74, 6) is 0. The second-order valence-electron chi connectivity index (χ2n) is 4.78. The molecule has 3 rings (SSSR count). The monoisotopic (exact) mass is 273 g/mol. The molecule has 0 fully saturated rings. The van der Waals surface area contributed by atoms with Gasteiger partial charge in [-0.25, -0.2) is 0 Å². The third kappa shape index (κ3) is 2.85. The van der Waals surface area contributed by atoms with E-state index in [-0.39, 0.29) is 0 Å². The van der Waals surface area contributed by atoms with E-state index in [1.54, 1.807) is 0 Å². The predicted molar refractivity (Wildman–Crippen MR) is 83.3 cm³/mol. The van der Waals surface area contributed by atoms with Gasteiger partial charge in [0, 0.05) is 5.56 Å². The third-order valence-corrected chi connectivity index (χ3v) is 3.35. The Bertz CT molecular complexity index is 752. The van der Waals surface area contributed by atoms with Crippen molar-refractivity contribution in [2.45, 2.75) is 13.0 Å². The fourth-order valence-electron chi connectivity index (χ4n) is 2.33. The first kappa shape index (κ1) is 13.1. The summed E-state index contributed by atoms with van der Waals surface area (Å²) in [6.07, 6.45) is 0.454. The summed E-state index contributed by atoms with van der Waals surface area (Å²) in [5, 5.41) is 13.5. The van der Waals surface area contributed by atoms with Gasteiger partial charge in [-0.3, -0.25) is 4.68 Å². The maximum absolute atomic E-state index is 8.82. The minimum Gasteiger partial charge on any atom is -0.263 e. The van der Waals surface area contributed by atoms with Gasteiger partial charge in [-0.05, 0) is 11.6 Å². The second-order valence-corrected chi connectivity index (χ2v) is 4.78. The number of aromatic nitrogens is 2. The molecular formula is C18H15N3. The van der Waals surface area contributed by atoms with Crippen LogP contribution < -0.4 is 0 Å². The SMILES string of the molecule is N#CCCn1nc(-c2ccccc2)cc1-c1ccccc1. The van der Waals surface area contributed by atoms with Gasteiger partial charge in [-0.2, -0.15) is 10.4 Å². The molecule has 3 nitrogen and oxygen atoms in total. The van der Waals surface area contributed by atoms with E-state index in [9.17, 15) is 0 Å². The molecule has 21 heavy (non-hydrogen) atoms. The van der Waals surface area contributed by atoms with E-state index in [1.165, 1.54) is 0 Å². The highest BCUT2D eigenvalue weighted by Gasteiger charge is 2.10. The van der Waals surface area contributed by atoms with Crippen molar-refractivity contribution in [1.29, 1.82) is 5.26 Å². The molecular weight excluding hydrogens is 258 g/mol. The lowest BCUT2D eigenvalue weighted by atomic mass is 10.1. The van der Waals surface area contributed by atoms with Crippen molar-refractivity contribution in [2.24, 2.45) is 0 Å². The molecule has 0 N–H and O–H groups in total. The molecule has 0 aliphatic carbocycles. The van der Waals surface area contributed by atoms with Crippen LogP contribution in [0.4, 0.5) is 0 Å². The lowest BCUT2D eigenvalue weighted by Gasteiger charge is -2.04. The zero-order valence-corrected chi connectivity index (χ0v) is 11.6. The Morgan fingerprint density at radius 1 is 0.905 bits per heavy atom. The summed E-state index contributed by atoms with van der Waals surface area (Å²) < 4.78 is 1.92. The van der Waals surface area contributed by atoms with E-state index in [4.69, 9.17) is 5.26 Å². The maximum Gasteiger partial charge on any atom is 0.0929 e. The average molecular weight is 273 g/mol. The van der Waals surface area contributed by atoms with Crippen LogP contribution in [-0.2, 0) is 6.54 Å². The van der Waals surface area contributed by atoms with E-state index in [1.807, 2.05) is 53.2 Å². The predicted octanol–water partition coefficient (Wildman–Crippen LogP) is 4.13.